The highest BCUT2D eigenvalue weighted by Crippen LogP contribution is 2.35. The number of hydrogen-bond acceptors (Lipinski definition) is 4. The number of aryl methyl sites for hydroxylation is 1. The van der Waals surface area contributed by atoms with Crippen molar-refractivity contribution < 1.29 is 14.3 Å². The number of allylic oxidation sites excluding steroid dienone is 1. The molecule has 0 spiro atoms. The molecule has 1 atom stereocenters. The van der Waals surface area contributed by atoms with Crippen molar-refractivity contribution >= 4 is 23.0 Å². The number of unbranched alkanes of at least 4 members (excludes halogenated alkanes) is 1. The van der Waals surface area contributed by atoms with Gasteiger partial charge in [0.15, 0.2) is 11.5 Å². The highest BCUT2D eigenvalue weighted by Gasteiger charge is 2.38. The summed E-state index contributed by atoms with van der Waals surface area (Å²) < 4.78 is 13.9. The van der Waals surface area contributed by atoms with Gasteiger partial charge in [0.25, 0.3) is 0 Å². The molecule has 0 radical (unpaired) electrons. The second kappa shape index (κ2) is 11.2. The van der Waals surface area contributed by atoms with Gasteiger partial charge in [-0.25, -0.2) is 4.98 Å². The number of fused-ring (bicyclic) bond motifs is 1. The number of likely N-dealkylation sites (tertiary alicyclic amines) is 1. The van der Waals surface area contributed by atoms with Crippen molar-refractivity contribution in [1.29, 1.82) is 0 Å². The van der Waals surface area contributed by atoms with E-state index < -0.39 is 0 Å². The SMILES string of the molecule is C/C=C/c1ccc(OCCCCn2c(C3CC(=O)N(C4CCCC4)C3)nc3ccccc32)c(OC)c1. The summed E-state index contributed by atoms with van der Waals surface area (Å²) in [6, 6.07) is 14.8. The molecule has 1 unspecified atom stereocenters. The summed E-state index contributed by atoms with van der Waals surface area (Å²) in [6.45, 7) is 4.30. The third-order valence-corrected chi connectivity index (χ3v) is 7.55. The fraction of sp³-hybridized carbons (Fsp3) is 0.467. The van der Waals surface area contributed by atoms with Gasteiger partial charge in [0, 0.05) is 31.5 Å². The summed E-state index contributed by atoms with van der Waals surface area (Å²) in [5.74, 6) is 3.06. The summed E-state index contributed by atoms with van der Waals surface area (Å²) in [5.41, 5.74) is 3.26. The van der Waals surface area contributed by atoms with E-state index in [1.165, 1.54) is 12.8 Å². The van der Waals surface area contributed by atoms with E-state index in [9.17, 15) is 4.79 Å². The van der Waals surface area contributed by atoms with Crippen LogP contribution in [0.1, 0.15) is 69.2 Å². The maximum Gasteiger partial charge on any atom is 0.223 e. The molecule has 2 aliphatic rings. The Balaban J connectivity index is 1.24. The number of para-hydroxylation sites is 2. The summed E-state index contributed by atoms with van der Waals surface area (Å²) >= 11 is 0. The zero-order valence-electron chi connectivity index (χ0n) is 21.5. The number of carbonyl (C=O) groups excluding carboxylic acids is 1. The Morgan fingerprint density at radius 2 is 1.92 bits per heavy atom. The van der Waals surface area contributed by atoms with Crippen molar-refractivity contribution in [1.82, 2.24) is 14.5 Å². The number of nitrogens with zero attached hydrogens (tertiary/aromatic N) is 3. The zero-order valence-corrected chi connectivity index (χ0v) is 21.5. The predicted octanol–water partition coefficient (Wildman–Crippen LogP) is 6.20. The fourth-order valence-electron chi connectivity index (χ4n) is 5.77. The van der Waals surface area contributed by atoms with Crippen LogP contribution in [0.4, 0.5) is 0 Å². The molecule has 0 N–H and O–H groups in total. The lowest BCUT2D eigenvalue weighted by Gasteiger charge is -2.24. The number of rotatable bonds is 10. The van der Waals surface area contributed by atoms with E-state index in [2.05, 4.69) is 27.7 Å². The van der Waals surface area contributed by atoms with Gasteiger partial charge < -0.3 is 18.9 Å². The second-order valence-electron chi connectivity index (χ2n) is 9.96. The Labute approximate surface area is 213 Å². The van der Waals surface area contributed by atoms with Gasteiger partial charge in [0.05, 0.1) is 24.8 Å². The molecule has 2 heterocycles. The number of benzene rings is 2. The Hall–Kier alpha value is -3.28. The van der Waals surface area contributed by atoms with Crippen LogP contribution in [-0.4, -0.2) is 46.7 Å². The molecule has 1 saturated heterocycles. The molecule has 3 aromatic rings. The van der Waals surface area contributed by atoms with Crippen molar-refractivity contribution in [2.24, 2.45) is 0 Å². The molecule has 0 bridgehead atoms. The zero-order chi connectivity index (χ0) is 24.9. The first-order chi connectivity index (χ1) is 17.7. The molecule has 1 saturated carbocycles. The minimum atomic E-state index is 0.168. The Morgan fingerprint density at radius 1 is 1.08 bits per heavy atom. The van der Waals surface area contributed by atoms with E-state index in [1.54, 1.807) is 7.11 Å². The van der Waals surface area contributed by atoms with Gasteiger partial charge in [-0.3, -0.25) is 4.79 Å². The molecule has 2 fully saturated rings. The number of hydrogen-bond donors (Lipinski definition) is 0. The number of amides is 1. The average molecular weight is 488 g/mol. The highest BCUT2D eigenvalue weighted by atomic mass is 16.5. The molecule has 1 aliphatic carbocycles. The van der Waals surface area contributed by atoms with Gasteiger partial charge in [-0.1, -0.05) is 43.2 Å². The smallest absolute Gasteiger partial charge is 0.223 e. The maximum absolute atomic E-state index is 12.9. The minimum Gasteiger partial charge on any atom is -0.493 e. The van der Waals surface area contributed by atoms with E-state index in [0.29, 0.717) is 25.0 Å². The molecular weight excluding hydrogens is 450 g/mol. The Morgan fingerprint density at radius 3 is 2.72 bits per heavy atom. The van der Waals surface area contributed by atoms with Gasteiger partial charge in [-0.2, -0.15) is 0 Å². The number of ether oxygens (including phenoxy) is 2. The van der Waals surface area contributed by atoms with E-state index in [1.807, 2.05) is 43.3 Å². The molecule has 1 amide bonds. The van der Waals surface area contributed by atoms with Gasteiger partial charge in [0.2, 0.25) is 5.91 Å². The lowest BCUT2D eigenvalue weighted by atomic mass is 10.1. The molecule has 1 aliphatic heterocycles. The van der Waals surface area contributed by atoms with E-state index in [4.69, 9.17) is 14.5 Å². The molecule has 6 nitrogen and oxygen atoms in total. The van der Waals surface area contributed by atoms with Crippen molar-refractivity contribution in [2.45, 2.75) is 70.4 Å². The van der Waals surface area contributed by atoms with Crippen LogP contribution in [0, 0.1) is 0 Å². The van der Waals surface area contributed by atoms with Crippen LogP contribution < -0.4 is 9.47 Å². The number of methoxy groups -OCH3 is 1. The van der Waals surface area contributed by atoms with Crippen LogP contribution in [0.3, 0.4) is 0 Å². The normalized spacial score (nSPS) is 18.7. The molecule has 36 heavy (non-hydrogen) atoms. The summed E-state index contributed by atoms with van der Waals surface area (Å²) in [7, 11) is 1.68. The van der Waals surface area contributed by atoms with Gasteiger partial charge >= 0.3 is 0 Å². The molecule has 6 heteroatoms. The monoisotopic (exact) mass is 487 g/mol. The predicted molar refractivity (Wildman–Crippen MR) is 143 cm³/mol. The van der Waals surface area contributed by atoms with Gasteiger partial charge in [-0.05, 0) is 62.4 Å². The third-order valence-electron chi connectivity index (χ3n) is 7.55. The first-order valence-corrected chi connectivity index (χ1v) is 13.4. The highest BCUT2D eigenvalue weighted by molar-refractivity contribution is 5.81. The lowest BCUT2D eigenvalue weighted by molar-refractivity contribution is -0.129. The molecule has 2 aromatic carbocycles. The number of carbonyl (C=O) groups is 1. The van der Waals surface area contributed by atoms with Crippen LogP contribution in [0.2, 0.25) is 0 Å². The van der Waals surface area contributed by atoms with Gasteiger partial charge in [0.1, 0.15) is 5.82 Å². The number of aromatic nitrogens is 2. The minimum absolute atomic E-state index is 0.168. The van der Waals surface area contributed by atoms with E-state index in [0.717, 1.165) is 72.7 Å². The van der Waals surface area contributed by atoms with Crippen LogP contribution in [0.15, 0.2) is 48.5 Å². The topological polar surface area (TPSA) is 56.6 Å². The lowest BCUT2D eigenvalue weighted by Crippen LogP contribution is -2.34. The molecule has 1 aromatic heterocycles. The van der Waals surface area contributed by atoms with E-state index >= 15 is 0 Å². The van der Waals surface area contributed by atoms with Gasteiger partial charge in [-0.15, -0.1) is 0 Å². The van der Waals surface area contributed by atoms with Crippen LogP contribution in [-0.2, 0) is 11.3 Å². The van der Waals surface area contributed by atoms with Crippen LogP contribution in [0.25, 0.3) is 17.1 Å². The standard InChI is InChI=1S/C30H37N3O3/c1-3-10-22-15-16-27(28(19-22)35-2)36-18-9-8-17-32-26-14-7-6-13-25(26)31-30(32)23-20-29(34)33(21-23)24-11-4-5-12-24/h3,6-7,10,13-16,19,23-24H,4-5,8-9,11-12,17-18,20-21H2,1-2H3/b10-3+. The quantitative estimate of drug-likeness (QED) is 0.320. The van der Waals surface area contributed by atoms with E-state index in [-0.39, 0.29) is 5.92 Å². The second-order valence-corrected chi connectivity index (χ2v) is 9.96. The van der Waals surface area contributed by atoms with Crippen LogP contribution >= 0.6 is 0 Å². The summed E-state index contributed by atoms with van der Waals surface area (Å²) in [4.78, 5) is 20.0. The van der Waals surface area contributed by atoms with Crippen molar-refractivity contribution in [3.05, 3.63) is 59.9 Å². The molecule has 190 valence electrons. The summed E-state index contributed by atoms with van der Waals surface area (Å²) in [6.07, 6.45) is 11.3. The van der Waals surface area contributed by atoms with Crippen molar-refractivity contribution in [3.8, 4) is 11.5 Å². The van der Waals surface area contributed by atoms with Crippen LogP contribution in [0.5, 0.6) is 11.5 Å². The Bertz CT molecular complexity index is 1230. The molecular formula is C30H37N3O3. The largest absolute Gasteiger partial charge is 0.493 e. The first kappa shape index (κ1) is 24.4. The first-order valence-electron chi connectivity index (χ1n) is 13.4. The summed E-state index contributed by atoms with van der Waals surface area (Å²) in [5, 5.41) is 0. The molecule has 5 rings (SSSR count). The fourth-order valence-corrected chi connectivity index (χ4v) is 5.77. The number of imidazole rings is 1. The average Bonchev–Trinajstić information content (AvgIpc) is 3.63. The van der Waals surface area contributed by atoms with Crippen molar-refractivity contribution in [3.63, 3.8) is 0 Å². The van der Waals surface area contributed by atoms with Crippen molar-refractivity contribution in [2.75, 3.05) is 20.3 Å². The Kier molecular flexibility index (Phi) is 7.59. The maximum atomic E-state index is 12.9. The third kappa shape index (κ3) is 5.13.